The van der Waals surface area contributed by atoms with Crippen molar-refractivity contribution in [3.05, 3.63) is 59.4 Å². The van der Waals surface area contributed by atoms with Gasteiger partial charge in [-0.15, -0.1) is 0 Å². The van der Waals surface area contributed by atoms with Crippen molar-refractivity contribution in [1.29, 1.82) is 0 Å². The lowest BCUT2D eigenvalue weighted by Gasteiger charge is -2.20. The normalized spacial score (nSPS) is 19.4. The molecule has 2 aromatic carbocycles. The molecule has 3 nitrogen and oxygen atoms in total. The monoisotopic (exact) mass is 326 g/mol. The van der Waals surface area contributed by atoms with Gasteiger partial charge in [0.05, 0.1) is 7.11 Å². The Morgan fingerprint density at radius 3 is 2.83 bits per heavy atom. The Morgan fingerprint density at radius 2 is 2.08 bits per heavy atom. The number of methoxy groups -OCH3 is 1. The predicted octanol–water partition coefficient (Wildman–Crippen LogP) is 3.69. The van der Waals surface area contributed by atoms with Crippen LogP contribution in [0.5, 0.6) is 5.75 Å². The van der Waals surface area contributed by atoms with Crippen molar-refractivity contribution in [1.82, 2.24) is 5.32 Å². The summed E-state index contributed by atoms with van der Waals surface area (Å²) in [6.07, 6.45) is 2.60. The van der Waals surface area contributed by atoms with Gasteiger partial charge in [0, 0.05) is 43.3 Å². The van der Waals surface area contributed by atoms with E-state index in [9.17, 15) is 4.39 Å². The van der Waals surface area contributed by atoms with Crippen LogP contribution in [0.2, 0.25) is 0 Å². The average molecular weight is 326 g/mol. The molecule has 1 atom stereocenters. The summed E-state index contributed by atoms with van der Waals surface area (Å²) in [5.41, 5.74) is 3.57. The summed E-state index contributed by atoms with van der Waals surface area (Å²) in [6, 6.07) is 13.9. The standard InChI is InChI=1S/C20H23FN2O/c1-24-18-7-8-19-15(11-22-17-5-6-17)13-23(20(19)10-18)12-14-3-2-4-16(21)9-14/h2-4,7-10,15,17,22H,5-6,11-13H2,1H3. The van der Waals surface area contributed by atoms with Crippen LogP contribution in [0.4, 0.5) is 10.1 Å². The zero-order valence-corrected chi connectivity index (χ0v) is 14.0. The zero-order valence-electron chi connectivity index (χ0n) is 14.0. The first-order valence-electron chi connectivity index (χ1n) is 8.63. The van der Waals surface area contributed by atoms with Gasteiger partial charge >= 0.3 is 0 Å². The summed E-state index contributed by atoms with van der Waals surface area (Å²) in [4.78, 5) is 2.34. The van der Waals surface area contributed by atoms with Gasteiger partial charge in [-0.3, -0.25) is 0 Å². The Kier molecular flexibility index (Phi) is 4.15. The summed E-state index contributed by atoms with van der Waals surface area (Å²) in [7, 11) is 1.69. The van der Waals surface area contributed by atoms with Crippen LogP contribution in [0.15, 0.2) is 42.5 Å². The van der Waals surface area contributed by atoms with Gasteiger partial charge in [0.2, 0.25) is 0 Å². The van der Waals surface area contributed by atoms with Crippen LogP contribution in [0.25, 0.3) is 0 Å². The van der Waals surface area contributed by atoms with E-state index in [1.54, 1.807) is 19.2 Å². The quantitative estimate of drug-likeness (QED) is 0.876. The molecule has 0 bridgehead atoms. The van der Waals surface area contributed by atoms with Crippen LogP contribution in [0, 0.1) is 5.82 Å². The van der Waals surface area contributed by atoms with Crippen LogP contribution in [0.1, 0.15) is 29.9 Å². The third kappa shape index (κ3) is 3.24. The van der Waals surface area contributed by atoms with Gasteiger partial charge in [0.15, 0.2) is 0 Å². The van der Waals surface area contributed by atoms with Crippen molar-refractivity contribution >= 4 is 5.69 Å². The molecule has 1 N–H and O–H groups in total. The van der Waals surface area contributed by atoms with Crippen LogP contribution in [0.3, 0.4) is 0 Å². The highest BCUT2D eigenvalue weighted by atomic mass is 19.1. The van der Waals surface area contributed by atoms with Crippen LogP contribution in [-0.2, 0) is 6.54 Å². The lowest BCUT2D eigenvalue weighted by molar-refractivity contribution is 0.415. The van der Waals surface area contributed by atoms with E-state index in [1.807, 2.05) is 12.1 Å². The first-order chi connectivity index (χ1) is 11.7. The van der Waals surface area contributed by atoms with Crippen LogP contribution >= 0.6 is 0 Å². The maximum atomic E-state index is 13.5. The SMILES string of the molecule is COc1ccc2c(c1)N(Cc1cccc(F)c1)CC2CNC1CC1. The van der Waals surface area contributed by atoms with E-state index in [0.29, 0.717) is 12.0 Å². The Bertz CT molecular complexity index is 729. The number of hydrogen-bond acceptors (Lipinski definition) is 3. The molecule has 1 heterocycles. The fraction of sp³-hybridized carbons (Fsp3) is 0.400. The number of rotatable bonds is 6. The second-order valence-electron chi connectivity index (χ2n) is 6.81. The summed E-state index contributed by atoms with van der Waals surface area (Å²) in [5.74, 6) is 1.17. The minimum Gasteiger partial charge on any atom is -0.497 e. The second-order valence-corrected chi connectivity index (χ2v) is 6.81. The molecule has 0 amide bonds. The first-order valence-corrected chi connectivity index (χ1v) is 8.63. The molecule has 0 radical (unpaired) electrons. The highest BCUT2D eigenvalue weighted by molar-refractivity contribution is 5.63. The Labute approximate surface area is 142 Å². The molecule has 24 heavy (non-hydrogen) atoms. The topological polar surface area (TPSA) is 24.5 Å². The zero-order chi connectivity index (χ0) is 16.5. The van der Waals surface area contributed by atoms with Crippen molar-refractivity contribution in [2.75, 3.05) is 25.1 Å². The van der Waals surface area contributed by atoms with E-state index in [0.717, 1.165) is 30.9 Å². The predicted molar refractivity (Wildman–Crippen MR) is 94.2 cm³/mol. The summed E-state index contributed by atoms with van der Waals surface area (Å²) in [6.45, 7) is 2.68. The Balaban J connectivity index is 1.57. The summed E-state index contributed by atoms with van der Waals surface area (Å²) >= 11 is 0. The number of ether oxygens (including phenoxy) is 1. The van der Waals surface area contributed by atoms with E-state index < -0.39 is 0 Å². The van der Waals surface area contributed by atoms with Gasteiger partial charge in [-0.2, -0.15) is 0 Å². The number of nitrogens with one attached hydrogen (secondary N) is 1. The van der Waals surface area contributed by atoms with Gasteiger partial charge < -0.3 is 15.0 Å². The molecule has 4 rings (SSSR count). The Hall–Kier alpha value is -2.07. The highest BCUT2D eigenvalue weighted by Crippen LogP contribution is 2.39. The van der Waals surface area contributed by atoms with E-state index in [-0.39, 0.29) is 5.82 Å². The molecule has 4 heteroatoms. The van der Waals surface area contributed by atoms with E-state index >= 15 is 0 Å². The molecule has 1 fully saturated rings. The van der Waals surface area contributed by atoms with Gasteiger partial charge in [-0.1, -0.05) is 18.2 Å². The average Bonchev–Trinajstić information content (AvgIpc) is 3.36. The molecule has 0 aromatic heterocycles. The van der Waals surface area contributed by atoms with Gasteiger partial charge in [-0.25, -0.2) is 4.39 Å². The maximum Gasteiger partial charge on any atom is 0.123 e. The van der Waals surface area contributed by atoms with Crippen molar-refractivity contribution in [2.24, 2.45) is 0 Å². The van der Waals surface area contributed by atoms with Gasteiger partial charge in [0.1, 0.15) is 11.6 Å². The van der Waals surface area contributed by atoms with E-state index in [2.05, 4.69) is 22.3 Å². The maximum absolute atomic E-state index is 13.5. The fourth-order valence-electron chi connectivity index (χ4n) is 3.51. The fourth-order valence-corrected chi connectivity index (χ4v) is 3.51. The number of hydrogen-bond donors (Lipinski definition) is 1. The van der Waals surface area contributed by atoms with Gasteiger partial charge in [-0.05, 0) is 42.2 Å². The minimum absolute atomic E-state index is 0.176. The van der Waals surface area contributed by atoms with Crippen molar-refractivity contribution in [3.63, 3.8) is 0 Å². The minimum atomic E-state index is -0.176. The Morgan fingerprint density at radius 1 is 1.21 bits per heavy atom. The molecule has 1 unspecified atom stereocenters. The third-order valence-corrected chi connectivity index (χ3v) is 4.95. The van der Waals surface area contributed by atoms with Crippen LogP contribution < -0.4 is 15.0 Å². The number of benzene rings is 2. The summed E-state index contributed by atoms with van der Waals surface area (Å²) < 4.78 is 18.9. The molecule has 126 valence electrons. The third-order valence-electron chi connectivity index (χ3n) is 4.95. The number of halogens is 1. The molecular weight excluding hydrogens is 303 g/mol. The van der Waals surface area contributed by atoms with E-state index in [4.69, 9.17) is 4.74 Å². The van der Waals surface area contributed by atoms with Gasteiger partial charge in [0.25, 0.3) is 0 Å². The smallest absolute Gasteiger partial charge is 0.123 e. The largest absolute Gasteiger partial charge is 0.497 e. The molecular formula is C20H23FN2O. The highest BCUT2D eigenvalue weighted by Gasteiger charge is 2.30. The number of nitrogens with zero attached hydrogens (tertiary/aromatic N) is 1. The molecule has 1 aliphatic carbocycles. The number of anilines is 1. The summed E-state index contributed by atoms with van der Waals surface area (Å²) in [5, 5.41) is 3.64. The molecule has 2 aliphatic rings. The first kappa shape index (κ1) is 15.5. The van der Waals surface area contributed by atoms with Crippen molar-refractivity contribution in [2.45, 2.75) is 31.3 Å². The lowest BCUT2D eigenvalue weighted by Crippen LogP contribution is -2.28. The van der Waals surface area contributed by atoms with Crippen LogP contribution in [-0.4, -0.2) is 26.2 Å². The number of fused-ring (bicyclic) bond motifs is 1. The van der Waals surface area contributed by atoms with Crippen molar-refractivity contribution in [3.8, 4) is 5.75 Å². The second kappa shape index (κ2) is 6.44. The van der Waals surface area contributed by atoms with E-state index in [1.165, 1.54) is 30.2 Å². The molecule has 0 spiro atoms. The molecule has 1 aliphatic heterocycles. The molecule has 1 saturated carbocycles. The molecule has 0 saturated heterocycles. The molecule has 2 aromatic rings. The lowest BCUT2D eigenvalue weighted by atomic mass is 10.0. The van der Waals surface area contributed by atoms with Crippen molar-refractivity contribution < 1.29 is 9.13 Å².